The predicted molar refractivity (Wildman–Crippen MR) is 156 cm³/mol. The van der Waals surface area contributed by atoms with Crippen molar-refractivity contribution in [1.82, 2.24) is 5.32 Å². The van der Waals surface area contributed by atoms with Gasteiger partial charge in [-0.25, -0.2) is 4.79 Å². The molecule has 0 heterocycles. The number of nitrogens with one attached hydrogen (secondary N) is 1. The number of rotatable bonds is 9. The van der Waals surface area contributed by atoms with Crippen molar-refractivity contribution >= 4 is 12.1 Å². The highest BCUT2D eigenvalue weighted by atomic mass is 19.4. The molecule has 0 saturated carbocycles. The number of esters is 1. The molecule has 7 nitrogen and oxygen atoms in total. The first-order valence-corrected chi connectivity index (χ1v) is 13.8. The second-order valence-electron chi connectivity index (χ2n) is 12.1. The Morgan fingerprint density at radius 1 is 0.837 bits per heavy atom. The Kier molecular flexibility index (Phi) is 10.5. The lowest BCUT2D eigenvalue weighted by molar-refractivity contribution is -0.154. The van der Waals surface area contributed by atoms with E-state index in [0.717, 1.165) is 12.1 Å². The molecule has 0 radical (unpaired) electrons. The first-order chi connectivity index (χ1) is 19.9. The molecule has 0 saturated heterocycles. The van der Waals surface area contributed by atoms with E-state index in [4.69, 9.17) is 14.2 Å². The molecule has 0 unspecified atom stereocenters. The van der Waals surface area contributed by atoms with Crippen molar-refractivity contribution < 1.29 is 42.1 Å². The first-order valence-electron chi connectivity index (χ1n) is 13.8. The summed E-state index contributed by atoms with van der Waals surface area (Å²) in [5, 5.41) is 12.5. The van der Waals surface area contributed by atoms with Crippen LogP contribution in [-0.2, 0) is 33.5 Å². The summed E-state index contributed by atoms with van der Waals surface area (Å²) in [5.41, 5.74) is -0.276. The summed E-state index contributed by atoms with van der Waals surface area (Å²) in [6, 6.07) is 16.1. The molecular formula is C33H38F3NO6. The van der Waals surface area contributed by atoms with Crippen LogP contribution in [0.2, 0.25) is 0 Å². The second kappa shape index (κ2) is 13.5. The zero-order valence-corrected chi connectivity index (χ0v) is 25.2. The van der Waals surface area contributed by atoms with Crippen LogP contribution in [0, 0.1) is 0 Å². The predicted octanol–water partition coefficient (Wildman–Crippen LogP) is 7.39. The number of alkyl carbamates (subject to hydrolysis) is 1. The number of hydrogen-bond acceptors (Lipinski definition) is 6. The number of para-hydroxylation sites is 1. The van der Waals surface area contributed by atoms with E-state index in [1.165, 1.54) is 0 Å². The lowest BCUT2D eigenvalue weighted by Gasteiger charge is -2.23. The fourth-order valence-corrected chi connectivity index (χ4v) is 4.21. The molecule has 0 fully saturated rings. The van der Waals surface area contributed by atoms with Gasteiger partial charge in [0.2, 0.25) is 0 Å². The van der Waals surface area contributed by atoms with Crippen LogP contribution in [0.1, 0.15) is 69.8 Å². The number of benzene rings is 3. The maximum Gasteiger partial charge on any atom is 0.416 e. The van der Waals surface area contributed by atoms with Gasteiger partial charge in [-0.1, -0.05) is 36.4 Å². The maximum absolute atomic E-state index is 13.9. The Balaban J connectivity index is 1.89. The van der Waals surface area contributed by atoms with Gasteiger partial charge in [-0.3, -0.25) is 4.79 Å². The van der Waals surface area contributed by atoms with Gasteiger partial charge in [-0.05, 0) is 94.1 Å². The average Bonchev–Trinajstić information content (AvgIpc) is 2.88. The molecule has 0 aliphatic rings. The van der Waals surface area contributed by atoms with Crippen molar-refractivity contribution in [2.75, 3.05) is 6.61 Å². The molecule has 0 aliphatic carbocycles. The molecule has 1 amide bonds. The van der Waals surface area contributed by atoms with Crippen molar-refractivity contribution in [3.63, 3.8) is 0 Å². The Hall–Kier alpha value is -4.05. The molecule has 232 valence electrons. The van der Waals surface area contributed by atoms with Gasteiger partial charge in [-0.2, -0.15) is 13.2 Å². The highest BCUT2D eigenvalue weighted by Crippen LogP contribution is 2.35. The quantitative estimate of drug-likeness (QED) is 0.248. The van der Waals surface area contributed by atoms with Crippen LogP contribution >= 0.6 is 0 Å². The number of aliphatic hydroxyl groups excluding tert-OH is 1. The van der Waals surface area contributed by atoms with Crippen LogP contribution in [0.5, 0.6) is 5.75 Å². The van der Waals surface area contributed by atoms with Crippen LogP contribution in [0.4, 0.5) is 18.0 Å². The number of halogens is 3. The van der Waals surface area contributed by atoms with E-state index < -0.39 is 47.7 Å². The number of carbonyl (C=O) groups is 2. The summed E-state index contributed by atoms with van der Waals surface area (Å²) in [7, 11) is 0. The molecule has 2 N–H and O–H groups in total. The molecule has 3 aromatic carbocycles. The third kappa shape index (κ3) is 10.6. The smallest absolute Gasteiger partial charge is 0.416 e. The Morgan fingerprint density at radius 3 is 2.14 bits per heavy atom. The fraction of sp³-hybridized carbons (Fsp3) is 0.394. The van der Waals surface area contributed by atoms with E-state index in [9.17, 15) is 27.9 Å². The van der Waals surface area contributed by atoms with Gasteiger partial charge in [0, 0.05) is 5.56 Å². The largest absolute Gasteiger partial charge is 0.489 e. The highest BCUT2D eigenvalue weighted by Gasteiger charge is 2.31. The van der Waals surface area contributed by atoms with Crippen molar-refractivity contribution in [3.05, 3.63) is 89.0 Å². The lowest BCUT2D eigenvalue weighted by Crippen LogP contribution is -2.36. The van der Waals surface area contributed by atoms with Gasteiger partial charge in [0.1, 0.15) is 23.6 Å². The molecule has 3 rings (SSSR count). The van der Waals surface area contributed by atoms with Gasteiger partial charge < -0.3 is 24.6 Å². The van der Waals surface area contributed by atoms with Crippen LogP contribution in [0.3, 0.4) is 0 Å². The van der Waals surface area contributed by atoms with Gasteiger partial charge in [0.15, 0.2) is 0 Å². The van der Waals surface area contributed by atoms with Gasteiger partial charge in [0.05, 0.1) is 24.6 Å². The molecule has 10 heteroatoms. The Bertz CT molecular complexity index is 1420. The maximum atomic E-state index is 13.9. The van der Waals surface area contributed by atoms with Gasteiger partial charge in [0.25, 0.3) is 0 Å². The topological polar surface area (TPSA) is 94.1 Å². The fourth-order valence-electron chi connectivity index (χ4n) is 4.21. The Morgan fingerprint density at radius 2 is 1.51 bits per heavy atom. The van der Waals surface area contributed by atoms with Crippen molar-refractivity contribution in [2.24, 2.45) is 0 Å². The number of ether oxygens (including phenoxy) is 3. The third-order valence-corrected chi connectivity index (χ3v) is 5.94. The average molecular weight is 602 g/mol. The van der Waals surface area contributed by atoms with Gasteiger partial charge in [-0.15, -0.1) is 0 Å². The van der Waals surface area contributed by atoms with Crippen molar-refractivity contribution in [2.45, 2.75) is 78.0 Å². The van der Waals surface area contributed by atoms with Crippen molar-refractivity contribution in [1.29, 1.82) is 0 Å². The minimum atomic E-state index is -4.62. The summed E-state index contributed by atoms with van der Waals surface area (Å²) in [5.74, 6) is -0.0968. The summed E-state index contributed by atoms with van der Waals surface area (Å²) >= 11 is 0. The lowest BCUT2D eigenvalue weighted by atomic mass is 9.96. The van der Waals surface area contributed by atoms with Crippen LogP contribution in [-0.4, -0.2) is 35.0 Å². The van der Waals surface area contributed by atoms with E-state index in [1.807, 2.05) is 0 Å². The van der Waals surface area contributed by atoms with E-state index >= 15 is 0 Å². The van der Waals surface area contributed by atoms with E-state index in [2.05, 4.69) is 5.32 Å². The number of aliphatic hydroxyl groups is 1. The normalized spacial score (nSPS) is 12.8. The minimum Gasteiger partial charge on any atom is -0.489 e. The molecular weight excluding hydrogens is 563 g/mol. The van der Waals surface area contributed by atoms with Crippen LogP contribution in [0.15, 0.2) is 66.7 Å². The Labute approximate surface area is 250 Å². The van der Waals surface area contributed by atoms with E-state index in [0.29, 0.717) is 22.4 Å². The summed E-state index contributed by atoms with van der Waals surface area (Å²) < 4.78 is 58.3. The standard InChI is InChI=1S/C33H38F3NO6/c1-31(2,3)42-29(39)18-24-10-7-8-13-28(24)41-20-21-14-25(17-26(15-21)33(34,35)36)22-11-9-12-23(16-22)27(19-38)37-30(40)43-32(4,5)6/h7-17,27,38H,18-20H2,1-6H3,(H,37,40)/t27-/m1/s1. The SMILES string of the molecule is CC(C)(C)OC(=O)Cc1ccccc1OCc1cc(-c2cccc([C@@H](CO)NC(=O)OC(C)(C)C)c2)cc(C(F)(F)F)c1. The molecule has 0 spiro atoms. The molecule has 0 bridgehead atoms. The number of alkyl halides is 3. The van der Waals surface area contributed by atoms with Crippen LogP contribution in [0.25, 0.3) is 11.1 Å². The highest BCUT2D eigenvalue weighted by molar-refractivity contribution is 5.74. The van der Waals surface area contributed by atoms with Crippen molar-refractivity contribution in [3.8, 4) is 16.9 Å². The zero-order valence-electron chi connectivity index (χ0n) is 25.2. The summed E-state index contributed by atoms with van der Waals surface area (Å²) in [6.07, 6.45) is -5.41. The summed E-state index contributed by atoms with van der Waals surface area (Å²) in [6.45, 7) is 9.75. The number of carbonyl (C=O) groups excluding carboxylic acids is 2. The minimum absolute atomic E-state index is 0.0581. The molecule has 43 heavy (non-hydrogen) atoms. The summed E-state index contributed by atoms with van der Waals surface area (Å²) in [4.78, 5) is 24.7. The van der Waals surface area contributed by atoms with Gasteiger partial charge >= 0.3 is 18.2 Å². The molecule has 1 atom stereocenters. The zero-order chi connectivity index (χ0) is 32.0. The first kappa shape index (κ1) is 33.5. The molecule has 3 aromatic rings. The molecule has 0 aromatic heterocycles. The number of hydrogen-bond donors (Lipinski definition) is 2. The second-order valence-corrected chi connectivity index (χ2v) is 12.1. The number of amides is 1. The van der Waals surface area contributed by atoms with E-state index in [-0.39, 0.29) is 24.2 Å². The molecule has 0 aliphatic heterocycles. The van der Waals surface area contributed by atoms with E-state index in [1.54, 1.807) is 96.1 Å². The third-order valence-electron chi connectivity index (χ3n) is 5.94. The van der Waals surface area contributed by atoms with Crippen LogP contribution < -0.4 is 10.1 Å². The monoisotopic (exact) mass is 601 g/mol.